The summed E-state index contributed by atoms with van der Waals surface area (Å²) < 4.78 is 15.9. The van der Waals surface area contributed by atoms with Gasteiger partial charge >= 0.3 is 5.97 Å². The lowest BCUT2D eigenvalue weighted by Crippen LogP contribution is -2.20. The van der Waals surface area contributed by atoms with E-state index < -0.39 is 5.97 Å². The van der Waals surface area contributed by atoms with Crippen molar-refractivity contribution < 1.29 is 19.0 Å². The Morgan fingerprint density at radius 3 is 2.90 bits per heavy atom. The summed E-state index contributed by atoms with van der Waals surface area (Å²) in [6.45, 7) is 5.71. The van der Waals surface area contributed by atoms with Gasteiger partial charge in [0, 0.05) is 19.1 Å². The van der Waals surface area contributed by atoms with Crippen molar-refractivity contribution >= 4 is 28.0 Å². The van der Waals surface area contributed by atoms with Crippen LogP contribution in [0, 0.1) is 5.92 Å². The van der Waals surface area contributed by atoms with Gasteiger partial charge in [0.2, 0.25) is 0 Å². The molecule has 1 fully saturated rings. The third-order valence-corrected chi connectivity index (χ3v) is 4.75. The van der Waals surface area contributed by atoms with Gasteiger partial charge in [-0.3, -0.25) is 0 Å². The van der Waals surface area contributed by atoms with Crippen molar-refractivity contribution in [2.75, 3.05) is 37.9 Å². The van der Waals surface area contributed by atoms with Crippen molar-refractivity contribution in [2.45, 2.75) is 26.4 Å². The maximum Gasteiger partial charge on any atom is 0.350 e. The molecule has 2 unspecified atom stereocenters. The fraction of sp³-hybridized carbons (Fsp3) is 0.643. The number of rotatable bonds is 6. The van der Waals surface area contributed by atoms with Gasteiger partial charge in [0.15, 0.2) is 5.75 Å². The molecule has 2 heterocycles. The first kappa shape index (κ1) is 15.9. The van der Waals surface area contributed by atoms with Crippen LogP contribution >= 0.6 is 11.3 Å². The number of carbonyl (C=O) groups excluding carboxylic acids is 1. The largest absolute Gasteiger partial charge is 0.492 e. The minimum absolute atomic E-state index is 0.241. The lowest BCUT2D eigenvalue weighted by atomic mass is 10.0. The van der Waals surface area contributed by atoms with E-state index in [0.29, 0.717) is 28.8 Å². The van der Waals surface area contributed by atoms with E-state index in [2.05, 4.69) is 12.2 Å². The molecule has 0 aromatic carbocycles. The lowest BCUT2D eigenvalue weighted by molar-refractivity contribution is 0.0533. The number of hydrogen-bond acceptors (Lipinski definition) is 7. The van der Waals surface area contributed by atoms with E-state index in [1.807, 2.05) is 0 Å². The van der Waals surface area contributed by atoms with E-state index >= 15 is 0 Å². The second-order valence-corrected chi connectivity index (χ2v) is 5.95. The van der Waals surface area contributed by atoms with Crippen molar-refractivity contribution in [2.24, 2.45) is 5.92 Å². The molecule has 0 spiro atoms. The van der Waals surface area contributed by atoms with Crippen LogP contribution in [0.3, 0.4) is 0 Å². The van der Waals surface area contributed by atoms with Crippen molar-refractivity contribution in [3.63, 3.8) is 0 Å². The molecule has 0 amide bonds. The Hall–Kier alpha value is -1.47. The number of carbonyl (C=O) groups is 1. The van der Waals surface area contributed by atoms with Gasteiger partial charge in [-0.05, 0) is 20.3 Å². The SMILES string of the molecule is CCOC(=O)c1sc(NCC2CCOC2C)c(OC)c1N. The molecule has 2 rings (SSSR count). The van der Waals surface area contributed by atoms with Gasteiger partial charge in [0.25, 0.3) is 0 Å². The number of methoxy groups -OCH3 is 1. The van der Waals surface area contributed by atoms with Crippen LogP contribution in [0.15, 0.2) is 0 Å². The molecule has 21 heavy (non-hydrogen) atoms. The summed E-state index contributed by atoms with van der Waals surface area (Å²) in [6, 6.07) is 0. The predicted octanol–water partition coefficient (Wildman–Crippen LogP) is 2.35. The van der Waals surface area contributed by atoms with Crippen molar-refractivity contribution in [3.8, 4) is 5.75 Å². The summed E-state index contributed by atoms with van der Waals surface area (Å²) in [5.41, 5.74) is 6.31. The first-order chi connectivity index (χ1) is 10.1. The fourth-order valence-corrected chi connectivity index (χ4v) is 3.35. The highest BCUT2D eigenvalue weighted by Gasteiger charge is 2.26. The number of nitrogens with one attached hydrogen (secondary N) is 1. The minimum Gasteiger partial charge on any atom is -0.492 e. The summed E-state index contributed by atoms with van der Waals surface area (Å²) in [5, 5.41) is 4.08. The number of nitrogen functional groups attached to an aromatic ring is 1. The average Bonchev–Trinajstić information content (AvgIpc) is 3.00. The maximum absolute atomic E-state index is 11.9. The Bertz CT molecular complexity index is 503. The Morgan fingerprint density at radius 2 is 2.33 bits per heavy atom. The van der Waals surface area contributed by atoms with Crippen molar-refractivity contribution in [1.82, 2.24) is 0 Å². The van der Waals surface area contributed by atoms with E-state index in [-0.39, 0.29) is 6.10 Å². The van der Waals surface area contributed by atoms with Gasteiger partial charge in [0.05, 0.1) is 19.8 Å². The van der Waals surface area contributed by atoms with Gasteiger partial charge in [0.1, 0.15) is 15.6 Å². The summed E-state index contributed by atoms with van der Waals surface area (Å²) >= 11 is 1.27. The van der Waals surface area contributed by atoms with Crippen LogP contribution in [0.2, 0.25) is 0 Å². The van der Waals surface area contributed by atoms with Crippen molar-refractivity contribution in [1.29, 1.82) is 0 Å². The molecule has 0 saturated carbocycles. The van der Waals surface area contributed by atoms with E-state index in [4.69, 9.17) is 19.9 Å². The van der Waals surface area contributed by atoms with Gasteiger partial charge in [-0.25, -0.2) is 4.79 Å². The summed E-state index contributed by atoms with van der Waals surface area (Å²) in [7, 11) is 1.54. The third-order valence-electron chi connectivity index (χ3n) is 3.62. The van der Waals surface area contributed by atoms with Gasteiger partial charge in [-0.2, -0.15) is 0 Å². The number of anilines is 2. The first-order valence-corrected chi connectivity index (χ1v) is 7.88. The third kappa shape index (κ3) is 3.41. The molecule has 1 aromatic heterocycles. The Balaban J connectivity index is 2.11. The molecule has 1 saturated heterocycles. The number of nitrogens with two attached hydrogens (primary N) is 1. The highest BCUT2D eigenvalue weighted by atomic mass is 32.1. The van der Waals surface area contributed by atoms with Crippen LogP contribution in [0.25, 0.3) is 0 Å². The normalized spacial score (nSPS) is 21.3. The first-order valence-electron chi connectivity index (χ1n) is 7.07. The van der Waals surface area contributed by atoms with Gasteiger partial charge in [-0.1, -0.05) is 0 Å². The smallest absolute Gasteiger partial charge is 0.350 e. The standard InChI is InChI=1S/C14H22N2O4S/c1-4-19-14(17)12-10(15)11(18-3)13(21-12)16-7-9-5-6-20-8(9)2/h8-9,16H,4-7,15H2,1-3H3. The van der Waals surface area contributed by atoms with Gasteiger partial charge in [-0.15, -0.1) is 11.3 Å². The number of esters is 1. The monoisotopic (exact) mass is 314 g/mol. The van der Waals surface area contributed by atoms with E-state index in [1.54, 1.807) is 14.0 Å². The molecule has 0 radical (unpaired) electrons. The molecule has 118 valence electrons. The molecule has 1 aromatic rings. The number of hydrogen-bond donors (Lipinski definition) is 2. The quantitative estimate of drug-likeness (QED) is 0.784. The van der Waals surface area contributed by atoms with E-state index in [9.17, 15) is 4.79 Å². The fourth-order valence-electron chi connectivity index (χ4n) is 2.36. The van der Waals surface area contributed by atoms with Crippen LogP contribution in [0.4, 0.5) is 10.7 Å². The molecule has 2 atom stereocenters. The summed E-state index contributed by atoms with van der Waals surface area (Å²) in [5.74, 6) is 0.544. The predicted molar refractivity (Wildman–Crippen MR) is 83.3 cm³/mol. The minimum atomic E-state index is -0.413. The van der Waals surface area contributed by atoms with Crippen LogP contribution < -0.4 is 15.8 Å². The molecular weight excluding hydrogens is 292 g/mol. The Labute approximate surface area is 128 Å². The topological polar surface area (TPSA) is 82.8 Å². The molecule has 0 bridgehead atoms. The highest BCUT2D eigenvalue weighted by Crippen LogP contribution is 2.43. The lowest BCUT2D eigenvalue weighted by Gasteiger charge is -2.15. The zero-order valence-corrected chi connectivity index (χ0v) is 13.4. The molecule has 0 aliphatic carbocycles. The molecule has 1 aliphatic rings. The van der Waals surface area contributed by atoms with Crippen LogP contribution in [0.5, 0.6) is 5.75 Å². The van der Waals surface area contributed by atoms with Crippen LogP contribution in [-0.2, 0) is 9.47 Å². The zero-order chi connectivity index (χ0) is 15.4. The number of ether oxygens (including phenoxy) is 3. The Kier molecular flexibility index (Phi) is 5.30. The second-order valence-electron chi connectivity index (χ2n) is 4.93. The Morgan fingerprint density at radius 1 is 1.57 bits per heavy atom. The number of thiophene rings is 1. The van der Waals surface area contributed by atoms with Gasteiger partial charge < -0.3 is 25.3 Å². The van der Waals surface area contributed by atoms with E-state index in [0.717, 1.165) is 24.6 Å². The maximum atomic E-state index is 11.9. The molecule has 1 aliphatic heterocycles. The second kappa shape index (κ2) is 7.00. The molecule has 6 nitrogen and oxygen atoms in total. The summed E-state index contributed by atoms with van der Waals surface area (Å²) in [6.07, 6.45) is 1.27. The highest BCUT2D eigenvalue weighted by molar-refractivity contribution is 7.19. The molecule has 3 N–H and O–H groups in total. The van der Waals surface area contributed by atoms with Crippen LogP contribution in [0.1, 0.15) is 29.9 Å². The van der Waals surface area contributed by atoms with Crippen molar-refractivity contribution in [3.05, 3.63) is 4.88 Å². The molecular formula is C14H22N2O4S. The molecule has 7 heteroatoms. The summed E-state index contributed by atoms with van der Waals surface area (Å²) in [4.78, 5) is 12.2. The van der Waals surface area contributed by atoms with E-state index in [1.165, 1.54) is 11.3 Å². The zero-order valence-electron chi connectivity index (χ0n) is 12.6. The average molecular weight is 314 g/mol. The van der Waals surface area contributed by atoms with Crippen LogP contribution in [-0.4, -0.2) is 38.9 Å².